The first-order valence-electron chi connectivity index (χ1n) is 7.08. The van der Waals surface area contributed by atoms with Crippen molar-refractivity contribution in [3.05, 3.63) is 22.4 Å². The van der Waals surface area contributed by atoms with E-state index < -0.39 is 10.0 Å². The normalized spacial score (nSPS) is 14.1. The maximum Gasteiger partial charge on any atom is 0.211 e. The molecule has 0 aliphatic heterocycles. The van der Waals surface area contributed by atoms with Gasteiger partial charge in [-0.2, -0.15) is 0 Å². The van der Waals surface area contributed by atoms with Crippen LogP contribution in [0, 0.1) is 5.92 Å². The molecule has 1 rings (SSSR count). The van der Waals surface area contributed by atoms with Crippen molar-refractivity contribution in [3.8, 4) is 0 Å². The summed E-state index contributed by atoms with van der Waals surface area (Å²) in [4.78, 5) is 1.34. The predicted molar refractivity (Wildman–Crippen MR) is 86.6 cm³/mol. The molecular formula is C14H26N2O2S2. The highest BCUT2D eigenvalue weighted by atomic mass is 32.2. The molecule has 1 heterocycles. The van der Waals surface area contributed by atoms with Crippen molar-refractivity contribution in [2.75, 3.05) is 25.9 Å². The Morgan fingerprint density at radius 1 is 1.40 bits per heavy atom. The van der Waals surface area contributed by atoms with E-state index in [0.29, 0.717) is 25.0 Å². The Hall–Kier alpha value is -0.430. The fourth-order valence-electron chi connectivity index (χ4n) is 2.20. The zero-order valence-corrected chi connectivity index (χ0v) is 14.4. The van der Waals surface area contributed by atoms with E-state index in [9.17, 15) is 8.42 Å². The van der Waals surface area contributed by atoms with Gasteiger partial charge in [-0.3, -0.25) is 0 Å². The molecule has 0 saturated carbocycles. The van der Waals surface area contributed by atoms with Crippen LogP contribution in [0.1, 0.15) is 38.1 Å². The third-order valence-corrected chi connectivity index (χ3v) is 5.62. The summed E-state index contributed by atoms with van der Waals surface area (Å²) < 4.78 is 24.5. The number of hydrogen-bond donors (Lipinski definition) is 1. The van der Waals surface area contributed by atoms with Gasteiger partial charge < -0.3 is 5.32 Å². The number of nitrogens with zero attached hydrogens (tertiary/aromatic N) is 1. The Morgan fingerprint density at radius 3 is 2.55 bits per heavy atom. The zero-order valence-electron chi connectivity index (χ0n) is 12.8. The lowest BCUT2D eigenvalue weighted by atomic mass is 10.0. The highest BCUT2D eigenvalue weighted by Crippen LogP contribution is 2.25. The van der Waals surface area contributed by atoms with Crippen LogP contribution in [0.2, 0.25) is 0 Å². The van der Waals surface area contributed by atoms with Gasteiger partial charge in [0, 0.05) is 24.0 Å². The average molecular weight is 319 g/mol. The van der Waals surface area contributed by atoms with E-state index in [2.05, 4.69) is 36.7 Å². The molecule has 1 N–H and O–H groups in total. The minimum Gasteiger partial charge on any atom is -0.309 e. The molecule has 1 aromatic rings. The fraction of sp³-hybridized carbons (Fsp3) is 0.714. The molecule has 0 fully saturated rings. The summed E-state index contributed by atoms with van der Waals surface area (Å²) in [7, 11) is -3.07. The highest BCUT2D eigenvalue weighted by molar-refractivity contribution is 7.88. The lowest BCUT2D eigenvalue weighted by Gasteiger charge is -2.22. The topological polar surface area (TPSA) is 49.4 Å². The third kappa shape index (κ3) is 5.52. The lowest BCUT2D eigenvalue weighted by Crippen LogP contribution is -2.33. The van der Waals surface area contributed by atoms with E-state index in [4.69, 9.17) is 0 Å². The SMILES string of the molecule is CCN(CCCNC(c1cccs1)C(C)C)S(C)(=O)=O. The number of thiophene rings is 1. The van der Waals surface area contributed by atoms with Crippen molar-refractivity contribution < 1.29 is 8.42 Å². The van der Waals surface area contributed by atoms with Crippen LogP contribution in [0.25, 0.3) is 0 Å². The molecule has 0 radical (unpaired) electrons. The van der Waals surface area contributed by atoms with Crippen molar-refractivity contribution in [2.45, 2.75) is 33.2 Å². The Labute approximate surface area is 127 Å². The van der Waals surface area contributed by atoms with Crippen LogP contribution in [0.5, 0.6) is 0 Å². The summed E-state index contributed by atoms with van der Waals surface area (Å²) in [6.45, 7) is 8.22. The smallest absolute Gasteiger partial charge is 0.211 e. The van der Waals surface area contributed by atoms with Gasteiger partial charge in [0.15, 0.2) is 0 Å². The van der Waals surface area contributed by atoms with E-state index in [1.807, 2.05) is 6.92 Å². The number of sulfonamides is 1. The molecule has 0 amide bonds. The van der Waals surface area contributed by atoms with Crippen molar-refractivity contribution in [1.29, 1.82) is 0 Å². The molecule has 4 nitrogen and oxygen atoms in total. The predicted octanol–water partition coefficient (Wildman–Crippen LogP) is 2.71. The third-order valence-electron chi connectivity index (χ3n) is 3.29. The molecule has 0 spiro atoms. The minimum absolute atomic E-state index is 0.350. The van der Waals surface area contributed by atoms with E-state index in [1.165, 1.54) is 15.4 Å². The van der Waals surface area contributed by atoms with Gasteiger partial charge in [0.05, 0.1) is 6.26 Å². The van der Waals surface area contributed by atoms with Gasteiger partial charge in [0.2, 0.25) is 10.0 Å². The Balaban J connectivity index is 2.42. The molecule has 116 valence electrons. The molecule has 20 heavy (non-hydrogen) atoms. The van der Waals surface area contributed by atoms with E-state index >= 15 is 0 Å². The largest absolute Gasteiger partial charge is 0.309 e. The molecule has 0 aliphatic carbocycles. The maximum atomic E-state index is 11.5. The number of hydrogen-bond acceptors (Lipinski definition) is 4. The van der Waals surface area contributed by atoms with Crippen molar-refractivity contribution in [3.63, 3.8) is 0 Å². The van der Waals surface area contributed by atoms with Gasteiger partial charge in [-0.1, -0.05) is 26.8 Å². The molecule has 0 aliphatic rings. The first-order chi connectivity index (χ1) is 9.36. The van der Waals surface area contributed by atoms with Crippen LogP contribution in [-0.4, -0.2) is 38.6 Å². The van der Waals surface area contributed by atoms with E-state index in [0.717, 1.165) is 13.0 Å². The van der Waals surface area contributed by atoms with Gasteiger partial charge in [-0.15, -0.1) is 11.3 Å². The molecule has 6 heteroatoms. The van der Waals surface area contributed by atoms with Gasteiger partial charge in [-0.25, -0.2) is 12.7 Å². The van der Waals surface area contributed by atoms with Gasteiger partial charge in [-0.05, 0) is 30.3 Å². The molecule has 1 unspecified atom stereocenters. The lowest BCUT2D eigenvalue weighted by molar-refractivity contribution is 0.384. The summed E-state index contributed by atoms with van der Waals surface area (Å²) in [5.41, 5.74) is 0. The van der Waals surface area contributed by atoms with E-state index in [1.54, 1.807) is 11.3 Å². The molecule has 1 aromatic heterocycles. The maximum absolute atomic E-state index is 11.5. The molecule has 1 atom stereocenters. The van der Waals surface area contributed by atoms with E-state index in [-0.39, 0.29) is 0 Å². The second kappa shape index (κ2) is 8.12. The summed E-state index contributed by atoms with van der Waals surface area (Å²) >= 11 is 1.76. The van der Waals surface area contributed by atoms with Crippen molar-refractivity contribution in [1.82, 2.24) is 9.62 Å². The minimum atomic E-state index is -3.07. The van der Waals surface area contributed by atoms with Gasteiger partial charge in [0.1, 0.15) is 0 Å². The number of nitrogens with one attached hydrogen (secondary N) is 1. The Kier molecular flexibility index (Phi) is 7.15. The standard InChI is InChI=1S/C14H26N2O2S2/c1-5-16(20(4,17)18)10-7-9-15-14(12(2)3)13-8-6-11-19-13/h6,8,11-12,14-15H,5,7,9-10H2,1-4H3. The van der Waals surface area contributed by atoms with Crippen LogP contribution in [-0.2, 0) is 10.0 Å². The Bertz CT molecular complexity index is 469. The fourth-order valence-corrected chi connectivity index (χ4v) is 4.11. The summed E-state index contributed by atoms with van der Waals surface area (Å²) in [6, 6.07) is 4.57. The average Bonchev–Trinajstić information content (AvgIpc) is 2.85. The first-order valence-corrected chi connectivity index (χ1v) is 9.81. The van der Waals surface area contributed by atoms with Crippen LogP contribution in [0.3, 0.4) is 0 Å². The van der Waals surface area contributed by atoms with Crippen molar-refractivity contribution >= 4 is 21.4 Å². The van der Waals surface area contributed by atoms with Crippen LogP contribution in [0.15, 0.2) is 17.5 Å². The van der Waals surface area contributed by atoms with Crippen LogP contribution < -0.4 is 5.32 Å². The quantitative estimate of drug-likeness (QED) is 0.712. The van der Waals surface area contributed by atoms with Crippen molar-refractivity contribution in [2.24, 2.45) is 5.92 Å². The summed E-state index contributed by atoms with van der Waals surface area (Å²) in [5.74, 6) is 0.519. The number of rotatable bonds is 9. The zero-order chi connectivity index (χ0) is 15.2. The second-order valence-corrected chi connectivity index (χ2v) is 8.26. The monoisotopic (exact) mass is 318 g/mol. The van der Waals surface area contributed by atoms with Gasteiger partial charge in [0.25, 0.3) is 0 Å². The molecule has 0 bridgehead atoms. The molecule has 0 saturated heterocycles. The summed E-state index contributed by atoms with van der Waals surface area (Å²) in [6.07, 6.45) is 2.10. The summed E-state index contributed by atoms with van der Waals surface area (Å²) in [5, 5.41) is 5.63. The molecule has 0 aromatic carbocycles. The molecular weight excluding hydrogens is 292 g/mol. The second-order valence-electron chi connectivity index (χ2n) is 5.30. The first kappa shape index (κ1) is 17.6. The van der Waals surface area contributed by atoms with Gasteiger partial charge >= 0.3 is 0 Å². The van der Waals surface area contributed by atoms with Crippen LogP contribution in [0.4, 0.5) is 0 Å². The highest BCUT2D eigenvalue weighted by Gasteiger charge is 2.17. The Morgan fingerprint density at radius 2 is 2.10 bits per heavy atom. The van der Waals surface area contributed by atoms with Crippen LogP contribution >= 0.6 is 11.3 Å².